The van der Waals surface area contributed by atoms with Crippen LogP contribution in [-0.2, 0) is 12.0 Å². The zero-order valence-electron chi connectivity index (χ0n) is 14.4. The second-order valence-electron chi connectivity index (χ2n) is 6.95. The first-order valence-corrected chi connectivity index (χ1v) is 9.04. The quantitative estimate of drug-likeness (QED) is 0.661. The number of para-hydroxylation sites is 1. The summed E-state index contributed by atoms with van der Waals surface area (Å²) >= 11 is 1.63. The Morgan fingerprint density at radius 2 is 2.21 bits per heavy atom. The number of rotatable bonds is 3. The van der Waals surface area contributed by atoms with Gasteiger partial charge in [0.1, 0.15) is 10.8 Å². The summed E-state index contributed by atoms with van der Waals surface area (Å²) in [6.07, 6.45) is 0.874. The molecule has 1 aliphatic heterocycles. The molecule has 2 heterocycles. The summed E-state index contributed by atoms with van der Waals surface area (Å²) in [5, 5.41) is 6.39. The van der Waals surface area contributed by atoms with Gasteiger partial charge >= 0.3 is 0 Å². The molecule has 1 aliphatic rings. The van der Waals surface area contributed by atoms with Crippen LogP contribution in [0.15, 0.2) is 34.6 Å². The van der Waals surface area contributed by atoms with Gasteiger partial charge in [0.05, 0.1) is 24.9 Å². The van der Waals surface area contributed by atoms with E-state index in [0.717, 1.165) is 28.4 Å². The van der Waals surface area contributed by atoms with E-state index in [1.807, 2.05) is 18.2 Å². The third-order valence-corrected chi connectivity index (χ3v) is 4.82. The molecule has 2 aromatic rings. The Labute approximate surface area is 147 Å². The molecule has 0 saturated carbocycles. The summed E-state index contributed by atoms with van der Waals surface area (Å²) in [6, 6.07) is 8.18. The number of hydrogen-bond donors (Lipinski definition) is 2. The minimum Gasteiger partial charge on any atom is -0.493 e. The number of nitrogens with two attached hydrogens (primary N) is 1. The van der Waals surface area contributed by atoms with E-state index in [1.54, 1.807) is 11.3 Å². The lowest BCUT2D eigenvalue weighted by Gasteiger charge is -2.26. The first kappa shape index (κ1) is 16.8. The van der Waals surface area contributed by atoms with Gasteiger partial charge in [-0.1, -0.05) is 39.0 Å². The molecule has 128 valence electrons. The van der Waals surface area contributed by atoms with Gasteiger partial charge in [0.25, 0.3) is 0 Å². The maximum Gasteiger partial charge on any atom is 0.189 e. The summed E-state index contributed by atoms with van der Waals surface area (Å²) < 4.78 is 5.67. The van der Waals surface area contributed by atoms with E-state index in [9.17, 15) is 0 Å². The van der Waals surface area contributed by atoms with Crippen molar-refractivity contribution in [3.63, 3.8) is 0 Å². The Bertz CT molecular complexity index is 733. The predicted molar refractivity (Wildman–Crippen MR) is 98.6 cm³/mol. The molecule has 3 rings (SSSR count). The number of hydrogen-bond acceptors (Lipinski definition) is 4. The molecule has 1 atom stereocenters. The van der Waals surface area contributed by atoms with Crippen LogP contribution >= 0.6 is 11.3 Å². The molecule has 0 bridgehead atoms. The van der Waals surface area contributed by atoms with Crippen molar-refractivity contribution < 1.29 is 4.74 Å². The average molecular weight is 344 g/mol. The number of fused-ring (bicyclic) bond motifs is 1. The standard InChI is InChI=1S/C18H24N4OS/c1-18(2,3)15-11-24-16(22-15)10-20-17(19)21-13-8-9-23-14-7-5-4-6-12(13)14/h4-7,11,13H,8-10H2,1-3H3,(H3,19,20,21). The van der Waals surface area contributed by atoms with E-state index in [-0.39, 0.29) is 11.5 Å². The summed E-state index contributed by atoms with van der Waals surface area (Å²) in [7, 11) is 0. The topological polar surface area (TPSA) is 72.5 Å². The van der Waals surface area contributed by atoms with Crippen molar-refractivity contribution in [2.45, 2.75) is 45.2 Å². The number of guanidine groups is 1. The summed E-state index contributed by atoms with van der Waals surface area (Å²) in [6.45, 7) is 7.67. The van der Waals surface area contributed by atoms with E-state index in [0.29, 0.717) is 19.1 Å². The van der Waals surface area contributed by atoms with E-state index in [4.69, 9.17) is 10.5 Å². The number of nitrogens with zero attached hydrogens (tertiary/aromatic N) is 2. The number of benzene rings is 1. The van der Waals surface area contributed by atoms with Gasteiger partial charge < -0.3 is 15.8 Å². The van der Waals surface area contributed by atoms with Gasteiger partial charge in [0, 0.05) is 22.8 Å². The van der Waals surface area contributed by atoms with E-state index < -0.39 is 0 Å². The lowest BCUT2D eigenvalue weighted by Crippen LogP contribution is -2.37. The molecule has 0 amide bonds. The van der Waals surface area contributed by atoms with E-state index in [2.05, 4.69) is 47.5 Å². The lowest BCUT2D eigenvalue weighted by atomic mass is 9.93. The Kier molecular flexibility index (Phi) is 4.76. The van der Waals surface area contributed by atoms with Crippen molar-refractivity contribution in [3.8, 4) is 5.75 Å². The highest BCUT2D eigenvalue weighted by molar-refractivity contribution is 7.09. The number of aliphatic imine (C=N–C) groups is 1. The Morgan fingerprint density at radius 3 is 2.96 bits per heavy atom. The lowest BCUT2D eigenvalue weighted by molar-refractivity contribution is 0.262. The molecule has 24 heavy (non-hydrogen) atoms. The number of ether oxygens (including phenoxy) is 1. The van der Waals surface area contributed by atoms with Crippen molar-refractivity contribution in [3.05, 3.63) is 45.9 Å². The van der Waals surface area contributed by atoms with Gasteiger partial charge in [-0.3, -0.25) is 0 Å². The van der Waals surface area contributed by atoms with Crippen LogP contribution in [0.2, 0.25) is 0 Å². The zero-order valence-corrected chi connectivity index (χ0v) is 15.2. The van der Waals surface area contributed by atoms with Gasteiger partial charge in [-0.25, -0.2) is 9.98 Å². The fraction of sp³-hybridized carbons (Fsp3) is 0.444. The molecule has 1 unspecified atom stereocenters. The maximum atomic E-state index is 6.08. The Balaban J connectivity index is 1.64. The molecular formula is C18H24N4OS. The Hall–Kier alpha value is -2.08. The third kappa shape index (κ3) is 3.87. The summed E-state index contributed by atoms with van der Waals surface area (Å²) in [5.74, 6) is 1.37. The van der Waals surface area contributed by atoms with Crippen molar-refractivity contribution >= 4 is 17.3 Å². The van der Waals surface area contributed by atoms with Gasteiger partial charge in [-0.2, -0.15) is 0 Å². The second-order valence-corrected chi connectivity index (χ2v) is 7.89. The first-order valence-electron chi connectivity index (χ1n) is 8.16. The molecular weight excluding hydrogens is 320 g/mol. The Morgan fingerprint density at radius 1 is 1.42 bits per heavy atom. The van der Waals surface area contributed by atoms with Crippen LogP contribution in [0.4, 0.5) is 0 Å². The largest absolute Gasteiger partial charge is 0.493 e. The van der Waals surface area contributed by atoms with Crippen molar-refractivity contribution in [2.24, 2.45) is 10.7 Å². The van der Waals surface area contributed by atoms with Crippen LogP contribution in [0.25, 0.3) is 0 Å². The highest BCUT2D eigenvalue weighted by Crippen LogP contribution is 2.31. The van der Waals surface area contributed by atoms with E-state index in [1.165, 1.54) is 0 Å². The van der Waals surface area contributed by atoms with Crippen molar-refractivity contribution in [2.75, 3.05) is 6.61 Å². The van der Waals surface area contributed by atoms with Crippen LogP contribution in [0.1, 0.15) is 49.5 Å². The van der Waals surface area contributed by atoms with E-state index >= 15 is 0 Å². The second kappa shape index (κ2) is 6.81. The number of nitrogens with one attached hydrogen (secondary N) is 1. The van der Waals surface area contributed by atoms with Gasteiger partial charge in [0.2, 0.25) is 0 Å². The van der Waals surface area contributed by atoms with Crippen LogP contribution in [0.3, 0.4) is 0 Å². The number of aromatic nitrogens is 1. The molecule has 0 spiro atoms. The summed E-state index contributed by atoms with van der Waals surface area (Å²) in [4.78, 5) is 9.09. The number of thiazole rings is 1. The molecule has 0 fully saturated rings. The van der Waals surface area contributed by atoms with Crippen LogP contribution in [0, 0.1) is 0 Å². The van der Waals surface area contributed by atoms with Gasteiger partial charge in [0.15, 0.2) is 5.96 Å². The minimum absolute atomic E-state index is 0.0636. The molecule has 0 saturated heterocycles. The fourth-order valence-electron chi connectivity index (χ4n) is 2.60. The molecule has 0 radical (unpaired) electrons. The highest BCUT2D eigenvalue weighted by Gasteiger charge is 2.21. The zero-order chi connectivity index (χ0) is 17.2. The molecule has 1 aromatic carbocycles. The average Bonchev–Trinajstić information content (AvgIpc) is 3.03. The third-order valence-electron chi connectivity index (χ3n) is 3.99. The van der Waals surface area contributed by atoms with Gasteiger partial charge in [-0.15, -0.1) is 11.3 Å². The monoisotopic (exact) mass is 344 g/mol. The van der Waals surface area contributed by atoms with Gasteiger partial charge in [-0.05, 0) is 6.07 Å². The molecule has 3 N–H and O–H groups in total. The fourth-order valence-corrected chi connectivity index (χ4v) is 3.54. The molecule has 6 heteroatoms. The smallest absolute Gasteiger partial charge is 0.189 e. The molecule has 0 aliphatic carbocycles. The first-order chi connectivity index (χ1) is 11.4. The normalized spacial score (nSPS) is 18.0. The molecule has 5 nitrogen and oxygen atoms in total. The van der Waals surface area contributed by atoms with Crippen LogP contribution < -0.4 is 15.8 Å². The SMILES string of the molecule is CC(C)(C)c1csc(CN=C(N)NC2CCOc3ccccc32)n1. The summed E-state index contributed by atoms with van der Waals surface area (Å²) in [5.41, 5.74) is 8.37. The van der Waals surface area contributed by atoms with Crippen LogP contribution in [0.5, 0.6) is 5.75 Å². The van der Waals surface area contributed by atoms with Crippen molar-refractivity contribution in [1.29, 1.82) is 0 Å². The maximum absolute atomic E-state index is 6.08. The minimum atomic E-state index is 0.0636. The highest BCUT2D eigenvalue weighted by atomic mass is 32.1. The molecule has 1 aromatic heterocycles. The van der Waals surface area contributed by atoms with Crippen molar-refractivity contribution in [1.82, 2.24) is 10.3 Å². The van der Waals surface area contributed by atoms with Crippen LogP contribution in [-0.4, -0.2) is 17.6 Å². The predicted octanol–water partition coefficient (Wildman–Crippen LogP) is 3.37.